The number of rotatable bonds is 53. The molecule has 1 unspecified atom stereocenters. The summed E-state index contributed by atoms with van der Waals surface area (Å²) in [6, 6.07) is 0. The molecule has 1 atom stereocenters. The number of hydrogen-bond donors (Lipinski definition) is 0. The van der Waals surface area contributed by atoms with Crippen LogP contribution in [0.3, 0.4) is 0 Å². The van der Waals surface area contributed by atoms with Crippen LogP contribution in [0.2, 0.25) is 0 Å². The lowest BCUT2D eigenvalue weighted by Gasteiger charge is -2.18. The Bertz CT molecular complexity index is 1130. The number of allylic oxidation sites excluding steroid dienone is 10. The standard InChI is InChI=1S/C61H110O5/c1-4-7-10-13-16-19-22-24-26-28-30-32-34-36-38-41-44-47-50-53-56-64-57-59(66-61(63)55-52-49-46-43-39-21-18-15-12-9-6-3)58-65-60(62)54-51-48-45-42-40-37-35-33-31-29-27-25-23-20-17-14-11-8-5-2/h7,10,16,19,24,26,30,32,36,38,59H,4-6,8-9,11-15,17-18,20-23,25,27-29,31,33-35,37,39-58H2,1-3H3/b10-7-,19-16-,26-24-,32-30-,38-36-. The zero-order chi connectivity index (χ0) is 47.7. The first-order chi connectivity index (χ1) is 32.6. The molecule has 0 aliphatic carbocycles. The van der Waals surface area contributed by atoms with Gasteiger partial charge in [0.05, 0.1) is 6.61 Å². The van der Waals surface area contributed by atoms with Crippen LogP contribution in [0.25, 0.3) is 0 Å². The van der Waals surface area contributed by atoms with E-state index in [1.54, 1.807) is 0 Å². The second kappa shape index (κ2) is 56.9. The van der Waals surface area contributed by atoms with Gasteiger partial charge in [-0.1, -0.05) is 274 Å². The first kappa shape index (κ1) is 63.6. The summed E-state index contributed by atoms with van der Waals surface area (Å²) in [5.74, 6) is -0.398. The van der Waals surface area contributed by atoms with Crippen LogP contribution >= 0.6 is 0 Å². The number of unbranched alkanes of at least 4 members (excludes halogenated alkanes) is 32. The molecule has 0 aromatic heterocycles. The van der Waals surface area contributed by atoms with Crippen molar-refractivity contribution in [3.05, 3.63) is 60.8 Å². The summed E-state index contributed by atoms with van der Waals surface area (Å²) in [6.07, 6.45) is 72.5. The zero-order valence-electron chi connectivity index (χ0n) is 44.2. The molecule has 5 nitrogen and oxygen atoms in total. The highest BCUT2D eigenvalue weighted by molar-refractivity contribution is 5.70. The van der Waals surface area contributed by atoms with E-state index in [2.05, 4.69) is 81.5 Å². The molecule has 0 spiro atoms. The maximum absolute atomic E-state index is 12.8. The molecule has 0 rings (SSSR count). The summed E-state index contributed by atoms with van der Waals surface area (Å²) in [5, 5.41) is 0. The molecule has 66 heavy (non-hydrogen) atoms. The number of esters is 2. The number of hydrogen-bond acceptors (Lipinski definition) is 5. The molecule has 0 heterocycles. The van der Waals surface area contributed by atoms with E-state index in [4.69, 9.17) is 14.2 Å². The topological polar surface area (TPSA) is 61.8 Å². The van der Waals surface area contributed by atoms with E-state index in [-0.39, 0.29) is 25.2 Å². The van der Waals surface area contributed by atoms with Crippen molar-refractivity contribution >= 4 is 11.9 Å². The second-order valence-electron chi connectivity index (χ2n) is 19.2. The van der Waals surface area contributed by atoms with Gasteiger partial charge in [-0.05, 0) is 64.2 Å². The Morgan fingerprint density at radius 3 is 1.09 bits per heavy atom. The largest absolute Gasteiger partial charge is 0.462 e. The Kier molecular flexibility index (Phi) is 54.9. The Morgan fingerprint density at radius 2 is 0.682 bits per heavy atom. The Labute approximate surface area is 411 Å². The van der Waals surface area contributed by atoms with E-state index in [1.807, 2.05) is 0 Å². The zero-order valence-corrected chi connectivity index (χ0v) is 44.2. The second-order valence-corrected chi connectivity index (χ2v) is 19.2. The fourth-order valence-corrected chi connectivity index (χ4v) is 8.30. The van der Waals surface area contributed by atoms with Crippen molar-refractivity contribution in [1.29, 1.82) is 0 Å². The van der Waals surface area contributed by atoms with Crippen LogP contribution in [0.1, 0.15) is 290 Å². The third-order valence-electron chi connectivity index (χ3n) is 12.6. The van der Waals surface area contributed by atoms with Gasteiger partial charge in [-0.25, -0.2) is 0 Å². The van der Waals surface area contributed by atoms with Crippen molar-refractivity contribution in [2.75, 3.05) is 19.8 Å². The van der Waals surface area contributed by atoms with Gasteiger partial charge in [-0.15, -0.1) is 0 Å². The highest BCUT2D eigenvalue weighted by Gasteiger charge is 2.17. The summed E-state index contributed by atoms with van der Waals surface area (Å²) in [7, 11) is 0. The summed E-state index contributed by atoms with van der Waals surface area (Å²) in [4.78, 5) is 25.5. The molecule has 0 aliphatic heterocycles. The summed E-state index contributed by atoms with van der Waals surface area (Å²) >= 11 is 0. The molecule has 0 aromatic rings. The van der Waals surface area contributed by atoms with Crippen LogP contribution in [0, 0.1) is 0 Å². The molecule has 0 aromatic carbocycles. The molecule has 5 heteroatoms. The predicted molar refractivity (Wildman–Crippen MR) is 288 cm³/mol. The molecule has 0 amide bonds. The molecule has 0 saturated carbocycles. The van der Waals surface area contributed by atoms with Crippen molar-refractivity contribution in [1.82, 2.24) is 0 Å². The molecular weight excluding hydrogens is 813 g/mol. The van der Waals surface area contributed by atoms with E-state index in [9.17, 15) is 9.59 Å². The third kappa shape index (κ3) is 54.2. The number of carbonyl (C=O) groups excluding carboxylic acids is 2. The molecule has 384 valence electrons. The Morgan fingerprint density at radius 1 is 0.348 bits per heavy atom. The van der Waals surface area contributed by atoms with Crippen molar-refractivity contribution in [2.45, 2.75) is 297 Å². The van der Waals surface area contributed by atoms with E-state index >= 15 is 0 Å². The monoisotopic (exact) mass is 923 g/mol. The van der Waals surface area contributed by atoms with Gasteiger partial charge in [-0.3, -0.25) is 9.59 Å². The predicted octanol–water partition coefficient (Wildman–Crippen LogP) is 19.7. The lowest BCUT2D eigenvalue weighted by molar-refractivity contribution is -0.163. The van der Waals surface area contributed by atoms with Gasteiger partial charge in [0.15, 0.2) is 6.10 Å². The summed E-state index contributed by atoms with van der Waals surface area (Å²) in [6.45, 7) is 7.70. The summed E-state index contributed by atoms with van der Waals surface area (Å²) < 4.78 is 17.4. The van der Waals surface area contributed by atoms with Crippen LogP contribution < -0.4 is 0 Å². The smallest absolute Gasteiger partial charge is 0.306 e. The first-order valence-corrected chi connectivity index (χ1v) is 28.8. The van der Waals surface area contributed by atoms with Gasteiger partial charge in [0, 0.05) is 19.4 Å². The van der Waals surface area contributed by atoms with E-state index in [0.717, 1.165) is 77.0 Å². The van der Waals surface area contributed by atoms with E-state index in [1.165, 1.54) is 180 Å². The molecule has 0 N–H and O–H groups in total. The van der Waals surface area contributed by atoms with Crippen molar-refractivity contribution < 1.29 is 23.8 Å². The third-order valence-corrected chi connectivity index (χ3v) is 12.6. The molecule has 0 saturated heterocycles. The maximum Gasteiger partial charge on any atom is 0.306 e. The number of ether oxygens (including phenoxy) is 3. The maximum atomic E-state index is 12.8. The van der Waals surface area contributed by atoms with Gasteiger partial charge >= 0.3 is 11.9 Å². The van der Waals surface area contributed by atoms with Gasteiger partial charge in [0.2, 0.25) is 0 Å². The minimum atomic E-state index is -0.547. The lowest BCUT2D eigenvalue weighted by Crippen LogP contribution is -2.30. The Balaban J connectivity index is 4.23. The van der Waals surface area contributed by atoms with Crippen LogP contribution in [-0.2, 0) is 23.8 Å². The van der Waals surface area contributed by atoms with Crippen LogP contribution in [0.15, 0.2) is 60.8 Å². The molecule has 0 aliphatic rings. The average molecular weight is 924 g/mol. The van der Waals surface area contributed by atoms with Gasteiger partial charge in [0.25, 0.3) is 0 Å². The van der Waals surface area contributed by atoms with Crippen molar-refractivity contribution in [2.24, 2.45) is 0 Å². The molecule has 0 fully saturated rings. The highest BCUT2D eigenvalue weighted by Crippen LogP contribution is 2.16. The fraction of sp³-hybridized carbons (Fsp3) is 0.803. The van der Waals surface area contributed by atoms with Crippen LogP contribution in [-0.4, -0.2) is 37.9 Å². The van der Waals surface area contributed by atoms with Crippen LogP contribution in [0.5, 0.6) is 0 Å². The highest BCUT2D eigenvalue weighted by atomic mass is 16.6. The van der Waals surface area contributed by atoms with Crippen molar-refractivity contribution in [3.63, 3.8) is 0 Å². The van der Waals surface area contributed by atoms with Crippen molar-refractivity contribution in [3.8, 4) is 0 Å². The average Bonchev–Trinajstić information content (AvgIpc) is 3.32. The fourth-order valence-electron chi connectivity index (χ4n) is 8.30. The van der Waals surface area contributed by atoms with Gasteiger partial charge in [0.1, 0.15) is 6.61 Å². The number of carbonyl (C=O) groups is 2. The normalized spacial score (nSPS) is 12.6. The van der Waals surface area contributed by atoms with Gasteiger partial charge in [-0.2, -0.15) is 0 Å². The Hall–Kier alpha value is -2.40. The SMILES string of the molecule is CC/C=C\C/C=C\C/C=C\C/C=C\C/C=C\CCCCCCOCC(COC(=O)CCCCCCCCCCCCCCCCCCCCC)OC(=O)CCCCCCCCCCCCC. The minimum Gasteiger partial charge on any atom is -0.462 e. The van der Waals surface area contributed by atoms with Gasteiger partial charge < -0.3 is 14.2 Å². The minimum absolute atomic E-state index is 0.0786. The first-order valence-electron chi connectivity index (χ1n) is 28.8. The quantitative estimate of drug-likeness (QED) is 0.0346. The molecule has 0 bridgehead atoms. The van der Waals surface area contributed by atoms with E-state index < -0.39 is 6.10 Å². The lowest BCUT2D eigenvalue weighted by atomic mass is 10.0. The molecular formula is C61H110O5. The van der Waals surface area contributed by atoms with E-state index in [0.29, 0.717) is 19.4 Å². The molecule has 0 radical (unpaired) electrons. The summed E-state index contributed by atoms with van der Waals surface area (Å²) in [5.41, 5.74) is 0. The van der Waals surface area contributed by atoms with Crippen LogP contribution in [0.4, 0.5) is 0 Å².